The molecule has 0 radical (unpaired) electrons. The largest absolute Gasteiger partial charge is 0.326 e. The molecule has 1 aliphatic heterocycles. The van der Waals surface area contributed by atoms with E-state index in [1.807, 2.05) is 0 Å². The van der Waals surface area contributed by atoms with Gasteiger partial charge in [-0.1, -0.05) is 23.8 Å². The Morgan fingerprint density at radius 1 is 1.33 bits per heavy atom. The fourth-order valence-electron chi connectivity index (χ4n) is 2.43. The Morgan fingerprint density at radius 3 is 2.80 bits per heavy atom. The molecule has 0 spiro atoms. The Morgan fingerprint density at radius 2 is 2.13 bits per heavy atom. The lowest BCUT2D eigenvalue weighted by Gasteiger charge is -2.31. The number of hydrogen-bond donors (Lipinski definition) is 2. The first-order chi connectivity index (χ1) is 7.18. The summed E-state index contributed by atoms with van der Waals surface area (Å²) in [5.41, 5.74) is 10.2. The van der Waals surface area contributed by atoms with Gasteiger partial charge in [0.15, 0.2) is 0 Å². The minimum atomic E-state index is 0.264. The third kappa shape index (κ3) is 2.21. The highest BCUT2D eigenvalue weighted by atomic mass is 15.0. The monoisotopic (exact) mass is 204 g/mol. The SMILES string of the molecule is Cc1ccc([C@@H]2NCCC[C@@H]2N)c(C)c1. The van der Waals surface area contributed by atoms with Crippen LogP contribution >= 0.6 is 0 Å². The van der Waals surface area contributed by atoms with E-state index in [1.54, 1.807) is 0 Å². The number of piperidine rings is 1. The van der Waals surface area contributed by atoms with Crippen LogP contribution in [0.5, 0.6) is 0 Å². The zero-order valence-electron chi connectivity index (χ0n) is 9.59. The molecule has 1 fully saturated rings. The van der Waals surface area contributed by atoms with Crippen LogP contribution in [0.15, 0.2) is 18.2 Å². The van der Waals surface area contributed by atoms with Crippen molar-refractivity contribution in [2.45, 2.75) is 38.8 Å². The maximum atomic E-state index is 6.16. The van der Waals surface area contributed by atoms with Gasteiger partial charge in [0.25, 0.3) is 0 Å². The first-order valence-electron chi connectivity index (χ1n) is 5.74. The van der Waals surface area contributed by atoms with Gasteiger partial charge in [0.2, 0.25) is 0 Å². The van der Waals surface area contributed by atoms with E-state index >= 15 is 0 Å². The van der Waals surface area contributed by atoms with Crippen LogP contribution in [0.2, 0.25) is 0 Å². The second-order valence-corrected chi connectivity index (χ2v) is 4.60. The molecule has 3 N–H and O–H groups in total. The van der Waals surface area contributed by atoms with Crippen LogP contribution in [0.4, 0.5) is 0 Å². The number of hydrogen-bond acceptors (Lipinski definition) is 2. The van der Waals surface area contributed by atoms with Crippen LogP contribution in [-0.2, 0) is 0 Å². The first-order valence-corrected chi connectivity index (χ1v) is 5.74. The van der Waals surface area contributed by atoms with E-state index in [0.29, 0.717) is 6.04 Å². The Labute approximate surface area is 91.9 Å². The van der Waals surface area contributed by atoms with Gasteiger partial charge < -0.3 is 11.1 Å². The highest BCUT2D eigenvalue weighted by Gasteiger charge is 2.23. The van der Waals surface area contributed by atoms with E-state index in [9.17, 15) is 0 Å². The summed E-state index contributed by atoms with van der Waals surface area (Å²) in [7, 11) is 0. The summed E-state index contributed by atoms with van der Waals surface area (Å²) in [6, 6.07) is 7.23. The predicted molar refractivity (Wildman–Crippen MR) is 63.9 cm³/mol. The molecule has 82 valence electrons. The summed E-state index contributed by atoms with van der Waals surface area (Å²) in [6.45, 7) is 5.39. The lowest BCUT2D eigenvalue weighted by molar-refractivity contribution is 0.357. The molecule has 2 nitrogen and oxygen atoms in total. The highest BCUT2D eigenvalue weighted by Crippen LogP contribution is 2.25. The lowest BCUT2D eigenvalue weighted by atomic mass is 9.90. The van der Waals surface area contributed by atoms with E-state index in [0.717, 1.165) is 13.0 Å². The fourth-order valence-corrected chi connectivity index (χ4v) is 2.43. The van der Waals surface area contributed by atoms with Gasteiger partial charge in [0.05, 0.1) is 0 Å². The number of nitrogens with one attached hydrogen (secondary N) is 1. The van der Waals surface area contributed by atoms with Crippen molar-refractivity contribution < 1.29 is 0 Å². The maximum Gasteiger partial charge on any atom is 0.0476 e. The van der Waals surface area contributed by atoms with E-state index in [-0.39, 0.29) is 6.04 Å². The molecule has 1 aliphatic rings. The molecule has 0 bridgehead atoms. The van der Waals surface area contributed by atoms with Crippen molar-refractivity contribution in [2.24, 2.45) is 5.73 Å². The van der Waals surface area contributed by atoms with Gasteiger partial charge in [-0.15, -0.1) is 0 Å². The zero-order valence-corrected chi connectivity index (χ0v) is 9.59. The smallest absolute Gasteiger partial charge is 0.0476 e. The number of aryl methyl sites for hydroxylation is 2. The summed E-state index contributed by atoms with van der Waals surface area (Å²) in [5, 5.41) is 3.52. The van der Waals surface area contributed by atoms with Gasteiger partial charge in [0, 0.05) is 12.1 Å². The van der Waals surface area contributed by atoms with Crippen molar-refractivity contribution in [1.29, 1.82) is 0 Å². The third-order valence-corrected chi connectivity index (χ3v) is 3.27. The highest BCUT2D eigenvalue weighted by molar-refractivity contribution is 5.33. The molecule has 2 atom stereocenters. The Bertz CT molecular complexity index is 346. The van der Waals surface area contributed by atoms with Crippen LogP contribution in [0.25, 0.3) is 0 Å². The standard InChI is InChI=1S/C13H20N2/c1-9-5-6-11(10(2)8-9)13-12(14)4-3-7-15-13/h5-6,8,12-13,15H,3-4,7,14H2,1-2H3/t12-,13-/m0/s1. The van der Waals surface area contributed by atoms with Gasteiger partial charge in [-0.05, 0) is 44.4 Å². The average Bonchev–Trinajstić information content (AvgIpc) is 2.20. The molecule has 1 saturated heterocycles. The summed E-state index contributed by atoms with van der Waals surface area (Å²) < 4.78 is 0. The first kappa shape index (κ1) is 10.7. The normalized spacial score (nSPS) is 26.6. The van der Waals surface area contributed by atoms with E-state index in [2.05, 4.69) is 37.4 Å². The molecule has 0 aromatic heterocycles. The summed E-state index contributed by atoms with van der Waals surface area (Å²) in [6.07, 6.45) is 2.33. The van der Waals surface area contributed by atoms with Crippen LogP contribution in [-0.4, -0.2) is 12.6 Å². The number of rotatable bonds is 1. The van der Waals surface area contributed by atoms with Gasteiger partial charge in [-0.3, -0.25) is 0 Å². The number of nitrogens with two attached hydrogens (primary N) is 1. The van der Waals surface area contributed by atoms with Gasteiger partial charge in [-0.25, -0.2) is 0 Å². The van der Waals surface area contributed by atoms with Crippen LogP contribution in [0.3, 0.4) is 0 Å². The predicted octanol–water partition coefficient (Wildman–Crippen LogP) is 2.06. The molecule has 15 heavy (non-hydrogen) atoms. The topological polar surface area (TPSA) is 38.0 Å². The van der Waals surface area contributed by atoms with Crippen molar-refractivity contribution >= 4 is 0 Å². The molecule has 0 unspecified atom stereocenters. The molecular weight excluding hydrogens is 184 g/mol. The Balaban J connectivity index is 2.27. The zero-order chi connectivity index (χ0) is 10.8. The van der Waals surface area contributed by atoms with Crippen molar-refractivity contribution in [1.82, 2.24) is 5.32 Å². The minimum absolute atomic E-state index is 0.264. The molecule has 1 heterocycles. The molecule has 0 amide bonds. The van der Waals surface area contributed by atoms with Gasteiger partial charge in [-0.2, -0.15) is 0 Å². The second kappa shape index (κ2) is 4.33. The third-order valence-electron chi connectivity index (χ3n) is 3.27. The van der Waals surface area contributed by atoms with Crippen molar-refractivity contribution in [3.8, 4) is 0 Å². The molecule has 0 saturated carbocycles. The van der Waals surface area contributed by atoms with Crippen molar-refractivity contribution in [3.63, 3.8) is 0 Å². The molecule has 2 rings (SSSR count). The van der Waals surface area contributed by atoms with Crippen molar-refractivity contribution in [2.75, 3.05) is 6.54 Å². The van der Waals surface area contributed by atoms with Crippen LogP contribution < -0.4 is 11.1 Å². The number of benzene rings is 1. The summed E-state index contributed by atoms with van der Waals surface area (Å²) in [4.78, 5) is 0. The van der Waals surface area contributed by atoms with E-state index in [4.69, 9.17) is 5.73 Å². The summed E-state index contributed by atoms with van der Waals surface area (Å²) in [5.74, 6) is 0. The van der Waals surface area contributed by atoms with Crippen molar-refractivity contribution in [3.05, 3.63) is 34.9 Å². The van der Waals surface area contributed by atoms with Crippen LogP contribution in [0.1, 0.15) is 35.6 Å². The van der Waals surface area contributed by atoms with Gasteiger partial charge >= 0.3 is 0 Å². The Kier molecular flexibility index (Phi) is 3.08. The van der Waals surface area contributed by atoms with E-state index < -0.39 is 0 Å². The van der Waals surface area contributed by atoms with Gasteiger partial charge in [0.1, 0.15) is 0 Å². The Hall–Kier alpha value is -0.860. The minimum Gasteiger partial charge on any atom is -0.326 e. The molecule has 2 heteroatoms. The lowest BCUT2D eigenvalue weighted by Crippen LogP contribution is -2.43. The van der Waals surface area contributed by atoms with E-state index in [1.165, 1.54) is 23.1 Å². The summed E-state index contributed by atoms with van der Waals surface area (Å²) >= 11 is 0. The molecular formula is C13H20N2. The maximum absolute atomic E-state index is 6.16. The molecule has 1 aromatic rings. The second-order valence-electron chi connectivity index (χ2n) is 4.60. The average molecular weight is 204 g/mol. The molecule has 0 aliphatic carbocycles. The fraction of sp³-hybridized carbons (Fsp3) is 0.538. The molecule has 1 aromatic carbocycles. The van der Waals surface area contributed by atoms with Crippen LogP contribution in [0, 0.1) is 13.8 Å². The quantitative estimate of drug-likeness (QED) is 0.735.